The molecule has 2 heterocycles. The maximum Gasteiger partial charge on any atom is 0.350 e. The van der Waals surface area contributed by atoms with Crippen molar-refractivity contribution in [2.24, 2.45) is 11.8 Å². The van der Waals surface area contributed by atoms with Crippen LogP contribution in [0.1, 0.15) is 85.9 Å². The first-order valence-corrected chi connectivity index (χ1v) is 18.9. The van der Waals surface area contributed by atoms with Crippen LogP contribution in [0.5, 0.6) is 0 Å². The average molecular weight is 715 g/mol. The van der Waals surface area contributed by atoms with Gasteiger partial charge >= 0.3 is 5.97 Å². The van der Waals surface area contributed by atoms with Gasteiger partial charge in [-0.15, -0.1) is 0 Å². The van der Waals surface area contributed by atoms with Crippen LogP contribution >= 0.6 is 0 Å². The number of benzene rings is 1. The van der Waals surface area contributed by atoms with Gasteiger partial charge < -0.3 is 41.0 Å². The Labute approximate surface area is 306 Å². The van der Waals surface area contributed by atoms with Crippen LogP contribution in [0.25, 0.3) is 0 Å². The van der Waals surface area contributed by atoms with Gasteiger partial charge in [0.15, 0.2) is 11.4 Å². The molecule has 280 valence electrons. The van der Waals surface area contributed by atoms with Gasteiger partial charge in [0.1, 0.15) is 11.9 Å². The molecule has 0 saturated carbocycles. The van der Waals surface area contributed by atoms with Crippen molar-refractivity contribution in [3.8, 4) is 0 Å². The number of allylic oxidation sites excluding steroid dienone is 6. The molecular weight excluding hydrogens is 660 g/mol. The molecule has 1 aromatic carbocycles. The molecule has 6 N–H and O–H groups in total. The number of rotatable bonds is 17. The third kappa shape index (κ3) is 7.21. The number of ketones is 2. The van der Waals surface area contributed by atoms with Crippen LogP contribution in [0, 0.1) is 11.8 Å². The first-order chi connectivity index (χ1) is 25.2. The maximum atomic E-state index is 14.6. The van der Waals surface area contributed by atoms with Crippen LogP contribution in [-0.2, 0) is 14.3 Å². The van der Waals surface area contributed by atoms with Crippen LogP contribution in [0.2, 0.25) is 0 Å². The van der Waals surface area contributed by atoms with Gasteiger partial charge in [-0.3, -0.25) is 9.59 Å². The molecule has 11 heteroatoms. The molecule has 6 rings (SSSR count). The van der Waals surface area contributed by atoms with E-state index in [-0.39, 0.29) is 42.7 Å². The van der Waals surface area contributed by atoms with Crippen LogP contribution < -0.4 is 21.3 Å². The van der Waals surface area contributed by atoms with E-state index in [1.165, 1.54) is 5.57 Å². The highest BCUT2D eigenvalue weighted by Crippen LogP contribution is 2.60. The zero-order valence-electron chi connectivity index (χ0n) is 30.6. The van der Waals surface area contributed by atoms with Crippen LogP contribution in [0.15, 0.2) is 82.8 Å². The molecule has 0 aromatic heterocycles. The Hall–Kier alpha value is -3.87. The predicted molar refractivity (Wildman–Crippen MR) is 198 cm³/mol. The largest absolute Gasteiger partial charge is 0.459 e. The molecule has 3 aliphatic carbocycles. The Bertz CT molecular complexity index is 1690. The van der Waals surface area contributed by atoms with Crippen LogP contribution in [0.3, 0.4) is 0 Å². The Morgan fingerprint density at radius 3 is 2.69 bits per heavy atom. The molecule has 5 aliphatic rings. The number of ether oxygens (including phenoxy) is 2. The number of hydrogen-bond acceptors (Lipinski definition) is 11. The highest BCUT2D eigenvalue weighted by molar-refractivity contribution is 6.33. The summed E-state index contributed by atoms with van der Waals surface area (Å²) in [5.74, 6) is -0.792. The van der Waals surface area contributed by atoms with E-state index < -0.39 is 34.8 Å². The number of epoxide rings is 1. The molecule has 0 spiro atoms. The van der Waals surface area contributed by atoms with Crippen molar-refractivity contribution < 1.29 is 34.1 Å². The van der Waals surface area contributed by atoms with Crippen molar-refractivity contribution in [1.82, 2.24) is 21.3 Å². The molecule has 6 unspecified atom stereocenters. The van der Waals surface area contributed by atoms with Gasteiger partial charge in [0.25, 0.3) is 5.60 Å². The fourth-order valence-corrected chi connectivity index (χ4v) is 8.48. The monoisotopic (exact) mass is 714 g/mol. The number of dihydropyridines is 1. The van der Waals surface area contributed by atoms with E-state index in [0.717, 1.165) is 36.2 Å². The van der Waals surface area contributed by atoms with Gasteiger partial charge in [-0.05, 0) is 94.2 Å². The molecular formula is C41H54N4O7. The SMILES string of the molecule is CCNC1C=C2C=CCCC2CC1C(CCCO)OC(=O)C12OC1(CC(CO)=C(C)CCC1=CCNC(NCNC)=C1)C(=O)c1ccccc1C2=O. The molecule has 0 amide bonds. The van der Waals surface area contributed by atoms with E-state index >= 15 is 0 Å². The number of aliphatic hydroxyl groups excluding tert-OH is 2. The summed E-state index contributed by atoms with van der Waals surface area (Å²) in [4.78, 5) is 43.5. The quantitative estimate of drug-likeness (QED) is 0.0459. The summed E-state index contributed by atoms with van der Waals surface area (Å²) in [5.41, 5.74) is 0.177. The highest BCUT2D eigenvalue weighted by atomic mass is 16.7. The Kier molecular flexibility index (Phi) is 12.0. The van der Waals surface area contributed by atoms with Crippen molar-refractivity contribution in [1.29, 1.82) is 0 Å². The minimum atomic E-state index is -2.16. The molecule has 1 fully saturated rings. The lowest BCUT2D eigenvalue weighted by Crippen LogP contribution is -2.53. The molecule has 0 radical (unpaired) electrons. The Balaban J connectivity index is 1.29. The van der Waals surface area contributed by atoms with E-state index in [2.05, 4.69) is 51.6 Å². The second-order valence-electron chi connectivity index (χ2n) is 14.6. The van der Waals surface area contributed by atoms with Gasteiger partial charge in [-0.1, -0.05) is 61.1 Å². The summed E-state index contributed by atoms with van der Waals surface area (Å²) in [6.07, 6.45) is 14.9. The fourth-order valence-electron chi connectivity index (χ4n) is 8.48. The summed E-state index contributed by atoms with van der Waals surface area (Å²) in [6, 6.07) is 6.43. The zero-order valence-corrected chi connectivity index (χ0v) is 30.6. The summed E-state index contributed by atoms with van der Waals surface area (Å²) in [7, 11) is 1.87. The minimum absolute atomic E-state index is 0.0722. The predicted octanol–water partition coefficient (Wildman–Crippen LogP) is 3.76. The molecule has 2 aliphatic heterocycles. The van der Waals surface area contributed by atoms with E-state index in [1.807, 2.05) is 20.9 Å². The van der Waals surface area contributed by atoms with Gasteiger partial charge in [0, 0.05) is 42.7 Å². The molecule has 0 bridgehead atoms. The topological polar surface area (TPSA) is 162 Å². The van der Waals surface area contributed by atoms with E-state index in [1.54, 1.807) is 24.3 Å². The van der Waals surface area contributed by atoms with E-state index in [4.69, 9.17) is 9.47 Å². The van der Waals surface area contributed by atoms with E-state index in [9.17, 15) is 24.6 Å². The summed E-state index contributed by atoms with van der Waals surface area (Å²) in [5, 5.41) is 33.7. The zero-order chi connectivity index (χ0) is 36.9. The van der Waals surface area contributed by atoms with E-state index in [0.29, 0.717) is 56.9 Å². The first-order valence-electron chi connectivity index (χ1n) is 18.9. The van der Waals surface area contributed by atoms with Crippen LogP contribution in [-0.4, -0.2) is 91.1 Å². The van der Waals surface area contributed by atoms with Gasteiger partial charge in [-0.25, -0.2) is 4.79 Å². The number of esters is 1. The lowest BCUT2D eigenvalue weighted by atomic mass is 9.70. The number of carbonyl (C=O) groups excluding carboxylic acids is 3. The highest BCUT2D eigenvalue weighted by Gasteiger charge is 2.85. The number of fused-ring (bicyclic) bond motifs is 3. The second kappa shape index (κ2) is 16.4. The molecule has 52 heavy (non-hydrogen) atoms. The standard InChI is InChI=1S/C41H54N4O7/c1-4-43-34-22-29-11-6-5-10-28(29)21-33(34)35(14-9-19-46)51-39(50)41-38(49)32-13-8-7-12-31(32)37(48)40(41,52-41)23-30(24-47)26(2)15-16-27-17-18-44-36(20-27)45-25-42-3/h6-8,11-13,17,20,22,28,33-35,42-47H,4-5,9-10,14-16,18-19,21,23-25H2,1-3H3. The Morgan fingerprint density at radius 1 is 1.17 bits per heavy atom. The van der Waals surface area contributed by atoms with Crippen molar-refractivity contribution in [2.75, 3.05) is 40.0 Å². The molecule has 11 nitrogen and oxygen atoms in total. The number of hydrogen-bond donors (Lipinski definition) is 6. The number of nitrogens with one attached hydrogen (secondary N) is 4. The summed E-state index contributed by atoms with van der Waals surface area (Å²) in [6.45, 7) is 5.55. The van der Waals surface area contributed by atoms with Crippen molar-refractivity contribution in [3.05, 3.63) is 93.9 Å². The lowest BCUT2D eigenvalue weighted by Gasteiger charge is -2.40. The number of aliphatic hydroxyl groups is 2. The molecule has 1 saturated heterocycles. The smallest absolute Gasteiger partial charge is 0.350 e. The number of Topliss-reactive ketones (excluding diaryl/α,β-unsaturated/α-hetero) is 2. The minimum Gasteiger partial charge on any atom is -0.459 e. The number of carbonyl (C=O) groups is 3. The number of likely N-dealkylation sites (N-methyl/N-ethyl adjacent to an activating group) is 1. The van der Waals surface area contributed by atoms with Gasteiger partial charge in [0.2, 0.25) is 5.78 Å². The fraction of sp³-hybridized carbons (Fsp3) is 0.537. The second-order valence-corrected chi connectivity index (χ2v) is 14.6. The third-order valence-corrected chi connectivity index (χ3v) is 11.4. The average Bonchev–Trinajstić information content (AvgIpc) is 3.87. The van der Waals surface area contributed by atoms with Crippen LogP contribution in [0.4, 0.5) is 0 Å². The molecule has 6 atom stereocenters. The first kappa shape index (κ1) is 37.9. The summed E-state index contributed by atoms with van der Waals surface area (Å²) >= 11 is 0. The normalized spacial score (nSPS) is 28.6. The van der Waals surface area contributed by atoms with Gasteiger partial charge in [0.05, 0.1) is 13.3 Å². The maximum absolute atomic E-state index is 14.6. The third-order valence-electron chi connectivity index (χ3n) is 11.4. The van der Waals surface area contributed by atoms with Crippen molar-refractivity contribution >= 4 is 17.5 Å². The summed E-state index contributed by atoms with van der Waals surface area (Å²) < 4.78 is 12.6. The molecule has 1 aromatic rings. The lowest BCUT2D eigenvalue weighted by molar-refractivity contribution is -0.158. The van der Waals surface area contributed by atoms with Crippen molar-refractivity contribution in [2.45, 2.75) is 88.6 Å². The van der Waals surface area contributed by atoms with Crippen molar-refractivity contribution in [3.63, 3.8) is 0 Å². The Morgan fingerprint density at radius 2 is 1.96 bits per heavy atom. The van der Waals surface area contributed by atoms with Gasteiger partial charge in [-0.2, -0.15) is 0 Å².